The number of rotatable bonds is 7. The molecule has 204 valence electrons. The van der Waals surface area contributed by atoms with Crippen molar-refractivity contribution in [3.8, 4) is 39.0 Å². The Morgan fingerprint density at radius 2 is 1.87 bits per heavy atom. The van der Waals surface area contributed by atoms with Crippen LogP contribution >= 0.6 is 11.3 Å². The first-order chi connectivity index (χ1) is 18.9. The van der Waals surface area contributed by atoms with Crippen molar-refractivity contribution in [2.45, 2.75) is 19.1 Å². The van der Waals surface area contributed by atoms with Gasteiger partial charge in [-0.25, -0.2) is 19.6 Å². The standard InChI is InChI=1S/C26H26F3N7O2S/c27-26(28,29)15-36-24(32-16-33-36)25-34-23-19-3-1-17(13-20(19)38-10-5-21(23)39-25)18-2-4-22(31-14-18)30-6-7-35-8-11-37-12-9-35/h1-4,13-14,16H,5-12,15H2,(H,30,31). The van der Waals surface area contributed by atoms with E-state index in [0.29, 0.717) is 29.5 Å². The summed E-state index contributed by atoms with van der Waals surface area (Å²) in [7, 11) is 0. The summed E-state index contributed by atoms with van der Waals surface area (Å²) < 4.78 is 51.2. The normalized spacial score (nSPS) is 15.8. The van der Waals surface area contributed by atoms with Gasteiger partial charge >= 0.3 is 6.18 Å². The highest BCUT2D eigenvalue weighted by molar-refractivity contribution is 7.15. The van der Waals surface area contributed by atoms with E-state index in [4.69, 9.17) is 9.47 Å². The van der Waals surface area contributed by atoms with Crippen molar-refractivity contribution in [2.75, 3.05) is 51.3 Å². The smallest absolute Gasteiger partial charge is 0.408 e. The van der Waals surface area contributed by atoms with Crippen LogP contribution in [-0.4, -0.2) is 81.8 Å². The summed E-state index contributed by atoms with van der Waals surface area (Å²) >= 11 is 1.32. The lowest BCUT2D eigenvalue weighted by Gasteiger charge is -2.26. The van der Waals surface area contributed by atoms with E-state index in [0.717, 1.165) is 77.8 Å². The lowest BCUT2D eigenvalue weighted by atomic mass is 10.0. The number of fused-ring (bicyclic) bond motifs is 3. The first-order valence-electron chi connectivity index (χ1n) is 12.7. The maximum Gasteiger partial charge on any atom is 0.408 e. The minimum atomic E-state index is -4.40. The zero-order valence-electron chi connectivity index (χ0n) is 20.9. The molecule has 9 nitrogen and oxygen atoms in total. The van der Waals surface area contributed by atoms with Gasteiger partial charge in [-0.2, -0.15) is 18.3 Å². The average molecular weight is 558 g/mol. The van der Waals surface area contributed by atoms with Crippen LogP contribution in [0.2, 0.25) is 0 Å². The first kappa shape index (κ1) is 25.7. The van der Waals surface area contributed by atoms with Crippen molar-refractivity contribution >= 4 is 17.2 Å². The zero-order chi connectivity index (χ0) is 26.8. The SMILES string of the molecule is FC(F)(F)Cn1ncnc1-c1nc2c(s1)CCOc1cc(-c3ccc(NCCN4CCOCC4)nc3)ccc1-2. The largest absolute Gasteiger partial charge is 0.492 e. The van der Waals surface area contributed by atoms with Crippen LogP contribution < -0.4 is 10.1 Å². The third-order valence-electron chi connectivity index (χ3n) is 6.59. The summed E-state index contributed by atoms with van der Waals surface area (Å²) in [6, 6.07) is 9.85. The summed E-state index contributed by atoms with van der Waals surface area (Å²) in [5.74, 6) is 1.60. The second kappa shape index (κ2) is 10.9. The third kappa shape index (κ3) is 5.89. The van der Waals surface area contributed by atoms with Crippen LogP contribution in [0.4, 0.5) is 19.0 Å². The molecule has 1 N–H and O–H groups in total. The minimum Gasteiger partial charge on any atom is -0.492 e. The van der Waals surface area contributed by atoms with Crippen LogP contribution in [0.1, 0.15) is 4.88 Å². The number of hydrogen-bond acceptors (Lipinski definition) is 9. The lowest BCUT2D eigenvalue weighted by molar-refractivity contribution is -0.142. The molecule has 5 heterocycles. The van der Waals surface area contributed by atoms with Crippen LogP contribution in [0.3, 0.4) is 0 Å². The highest BCUT2D eigenvalue weighted by atomic mass is 32.1. The van der Waals surface area contributed by atoms with Crippen molar-refractivity contribution in [1.29, 1.82) is 0 Å². The molecule has 3 aromatic heterocycles. The van der Waals surface area contributed by atoms with Crippen LogP contribution in [0.5, 0.6) is 5.75 Å². The number of hydrogen-bond donors (Lipinski definition) is 1. The number of anilines is 1. The van der Waals surface area contributed by atoms with E-state index in [2.05, 4.69) is 30.3 Å². The van der Waals surface area contributed by atoms with Gasteiger partial charge in [-0.05, 0) is 29.8 Å². The number of halogens is 3. The van der Waals surface area contributed by atoms with Crippen molar-refractivity contribution in [3.63, 3.8) is 0 Å². The number of morpholine rings is 1. The molecule has 1 fully saturated rings. The molecule has 2 aliphatic rings. The Labute approximate surface area is 226 Å². The predicted molar refractivity (Wildman–Crippen MR) is 141 cm³/mol. The fraction of sp³-hybridized carbons (Fsp3) is 0.385. The van der Waals surface area contributed by atoms with E-state index in [1.807, 2.05) is 36.5 Å². The summed E-state index contributed by atoms with van der Waals surface area (Å²) in [5.41, 5.74) is 3.40. The van der Waals surface area contributed by atoms with Gasteiger partial charge in [0.05, 0.1) is 25.5 Å². The predicted octanol–water partition coefficient (Wildman–Crippen LogP) is 4.37. The molecule has 4 aromatic rings. The number of aromatic nitrogens is 5. The molecule has 0 unspecified atom stereocenters. The fourth-order valence-electron chi connectivity index (χ4n) is 4.65. The Morgan fingerprint density at radius 1 is 1.03 bits per heavy atom. The monoisotopic (exact) mass is 557 g/mol. The maximum absolute atomic E-state index is 13.0. The van der Waals surface area contributed by atoms with E-state index >= 15 is 0 Å². The van der Waals surface area contributed by atoms with Gasteiger partial charge in [0.2, 0.25) is 0 Å². The van der Waals surface area contributed by atoms with E-state index in [-0.39, 0.29) is 5.82 Å². The molecule has 1 saturated heterocycles. The molecule has 0 amide bonds. The second-order valence-electron chi connectivity index (χ2n) is 9.27. The van der Waals surface area contributed by atoms with Gasteiger partial charge in [-0.15, -0.1) is 11.3 Å². The molecule has 6 rings (SSSR count). The third-order valence-corrected chi connectivity index (χ3v) is 7.70. The van der Waals surface area contributed by atoms with Gasteiger partial charge in [0, 0.05) is 54.8 Å². The van der Waals surface area contributed by atoms with E-state index < -0.39 is 12.7 Å². The Bertz CT molecular complexity index is 1430. The van der Waals surface area contributed by atoms with E-state index in [9.17, 15) is 13.2 Å². The van der Waals surface area contributed by atoms with Crippen LogP contribution in [0, 0.1) is 0 Å². The van der Waals surface area contributed by atoms with Crippen molar-refractivity contribution in [1.82, 2.24) is 29.6 Å². The number of nitrogens with zero attached hydrogens (tertiary/aromatic N) is 6. The summed E-state index contributed by atoms with van der Waals surface area (Å²) in [6.07, 6.45) is -0.859. The quantitative estimate of drug-likeness (QED) is 0.358. The van der Waals surface area contributed by atoms with Gasteiger partial charge in [0.25, 0.3) is 0 Å². The summed E-state index contributed by atoms with van der Waals surface area (Å²) in [5, 5.41) is 7.52. The number of pyridine rings is 1. The number of ether oxygens (including phenoxy) is 2. The fourth-order valence-corrected chi connectivity index (χ4v) is 5.71. The Kier molecular flexibility index (Phi) is 7.19. The molecular weight excluding hydrogens is 531 g/mol. The lowest BCUT2D eigenvalue weighted by Crippen LogP contribution is -2.39. The van der Waals surface area contributed by atoms with Gasteiger partial charge in [-0.3, -0.25) is 4.90 Å². The summed E-state index contributed by atoms with van der Waals surface area (Å²) in [4.78, 5) is 16.6. The minimum absolute atomic E-state index is 0.106. The summed E-state index contributed by atoms with van der Waals surface area (Å²) in [6.45, 7) is 4.45. The Balaban J connectivity index is 1.18. The molecule has 39 heavy (non-hydrogen) atoms. The molecule has 0 atom stereocenters. The number of benzene rings is 1. The highest BCUT2D eigenvalue weighted by Gasteiger charge is 2.31. The Hall–Kier alpha value is -3.55. The maximum atomic E-state index is 13.0. The molecule has 0 aliphatic carbocycles. The Morgan fingerprint density at radius 3 is 2.67 bits per heavy atom. The first-order valence-corrected chi connectivity index (χ1v) is 13.5. The molecule has 0 bridgehead atoms. The van der Waals surface area contributed by atoms with Crippen molar-refractivity contribution in [2.24, 2.45) is 0 Å². The van der Waals surface area contributed by atoms with E-state index in [1.54, 1.807) is 0 Å². The molecule has 0 radical (unpaired) electrons. The molecule has 0 spiro atoms. The molecule has 2 aliphatic heterocycles. The number of alkyl halides is 3. The van der Waals surface area contributed by atoms with Crippen LogP contribution in [-0.2, 0) is 17.7 Å². The van der Waals surface area contributed by atoms with Crippen LogP contribution in [0.15, 0.2) is 42.9 Å². The van der Waals surface area contributed by atoms with E-state index in [1.165, 1.54) is 11.3 Å². The van der Waals surface area contributed by atoms with Gasteiger partial charge < -0.3 is 14.8 Å². The molecule has 0 saturated carbocycles. The number of thiazole rings is 1. The second-order valence-corrected chi connectivity index (χ2v) is 10.4. The molecule has 13 heteroatoms. The average Bonchev–Trinajstić information content (AvgIpc) is 3.51. The molecule has 1 aromatic carbocycles. The molecular formula is C26H26F3N7O2S. The van der Waals surface area contributed by atoms with Gasteiger partial charge in [-0.1, -0.05) is 6.07 Å². The van der Waals surface area contributed by atoms with Crippen molar-refractivity contribution in [3.05, 3.63) is 47.7 Å². The van der Waals surface area contributed by atoms with Crippen molar-refractivity contribution < 1.29 is 22.6 Å². The highest BCUT2D eigenvalue weighted by Crippen LogP contribution is 2.41. The van der Waals surface area contributed by atoms with Gasteiger partial charge in [0.15, 0.2) is 10.8 Å². The zero-order valence-corrected chi connectivity index (χ0v) is 21.8. The van der Waals surface area contributed by atoms with Gasteiger partial charge in [0.1, 0.15) is 24.4 Å². The van der Waals surface area contributed by atoms with Crippen LogP contribution in [0.25, 0.3) is 33.2 Å². The topological polar surface area (TPSA) is 90.2 Å². The number of nitrogens with one attached hydrogen (secondary N) is 1.